The number of likely N-dealkylation sites (N-methyl/N-ethyl adjacent to an activating group) is 1. The zero-order chi connectivity index (χ0) is 15.9. The van der Waals surface area contributed by atoms with Crippen molar-refractivity contribution in [3.05, 3.63) is 69.7 Å². The Labute approximate surface area is 140 Å². The molecule has 0 spiro atoms. The molecule has 0 bridgehead atoms. The van der Waals surface area contributed by atoms with Gasteiger partial charge in [-0.2, -0.15) is 0 Å². The standard InChI is InChI=1S/C17H18Cl2N2O/c1-21(12-13-5-3-2-4-6-13)10-9-20-17(22)15-8-7-14(18)11-16(15)19/h2-8,11H,9-10,12H2,1H3,(H,20,22). The summed E-state index contributed by atoms with van der Waals surface area (Å²) in [5.41, 5.74) is 1.69. The monoisotopic (exact) mass is 336 g/mol. The Balaban J connectivity index is 1.79. The largest absolute Gasteiger partial charge is 0.351 e. The summed E-state index contributed by atoms with van der Waals surface area (Å²) in [7, 11) is 2.02. The Morgan fingerprint density at radius 2 is 1.86 bits per heavy atom. The maximum atomic E-state index is 12.1. The lowest BCUT2D eigenvalue weighted by Crippen LogP contribution is -2.32. The number of carbonyl (C=O) groups is 1. The van der Waals surface area contributed by atoms with Crippen molar-refractivity contribution in [1.29, 1.82) is 0 Å². The molecule has 0 aliphatic heterocycles. The second kappa shape index (κ2) is 8.18. The highest BCUT2D eigenvalue weighted by Crippen LogP contribution is 2.20. The average Bonchev–Trinajstić information content (AvgIpc) is 2.48. The summed E-state index contributed by atoms with van der Waals surface area (Å²) in [6.07, 6.45) is 0. The molecular formula is C17H18Cl2N2O. The fraction of sp³-hybridized carbons (Fsp3) is 0.235. The van der Waals surface area contributed by atoms with Crippen molar-refractivity contribution < 1.29 is 4.79 Å². The van der Waals surface area contributed by atoms with E-state index < -0.39 is 0 Å². The topological polar surface area (TPSA) is 32.3 Å². The zero-order valence-electron chi connectivity index (χ0n) is 12.4. The number of benzene rings is 2. The van der Waals surface area contributed by atoms with Gasteiger partial charge in [0.2, 0.25) is 0 Å². The number of carbonyl (C=O) groups excluding carboxylic acids is 1. The van der Waals surface area contributed by atoms with Crippen molar-refractivity contribution in [2.75, 3.05) is 20.1 Å². The van der Waals surface area contributed by atoms with E-state index in [0.717, 1.165) is 13.1 Å². The molecule has 0 aliphatic rings. The number of halogens is 2. The Bertz CT molecular complexity index is 632. The zero-order valence-corrected chi connectivity index (χ0v) is 13.9. The molecule has 2 aromatic rings. The molecule has 1 amide bonds. The molecule has 1 N–H and O–H groups in total. The summed E-state index contributed by atoms with van der Waals surface area (Å²) >= 11 is 11.8. The van der Waals surface area contributed by atoms with Crippen LogP contribution in [0.4, 0.5) is 0 Å². The molecule has 0 atom stereocenters. The quantitative estimate of drug-likeness (QED) is 0.868. The highest BCUT2D eigenvalue weighted by molar-refractivity contribution is 6.36. The summed E-state index contributed by atoms with van der Waals surface area (Å²) in [5.74, 6) is -0.185. The van der Waals surface area contributed by atoms with Crippen molar-refractivity contribution in [2.45, 2.75) is 6.54 Å². The van der Waals surface area contributed by atoms with Crippen LogP contribution < -0.4 is 5.32 Å². The molecule has 2 rings (SSSR count). The Hall–Kier alpha value is -1.55. The van der Waals surface area contributed by atoms with Gasteiger partial charge in [-0.25, -0.2) is 0 Å². The lowest BCUT2D eigenvalue weighted by atomic mass is 10.2. The molecule has 0 fully saturated rings. The number of hydrogen-bond donors (Lipinski definition) is 1. The van der Waals surface area contributed by atoms with Gasteiger partial charge in [0.25, 0.3) is 5.91 Å². The van der Waals surface area contributed by atoms with E-state index in [2.05, 4.69) is 22.3 Å². The van der Waals surface area contributed by atoms with E-state index >= 15 is 0 Å². The predicted octanol–water partition coefficient (Wildman–Crippen LogP) is 3.86. The number of nitrogens with one attached hydrogen (secondary N) is 1. The van der Waals surface area contributed by atoms with E-state index in [4.69, 9.17) is 23.2 Å². The highest BCUT2D eigenvalue weighted by Gasteiger charge is 2.10. The Kier molecular flexibility index (Phi) is 6.25. The summed E-state index contributed by atoms with van der Waals surface area (Å²) in [5, 5.41) is 3.75. The van der Waals surface area contributed by atoms with Crippen LogP contribution in [0.3, 0.4) is 0 Å². The Morgan fingerprint density at radius 3 is 2.55 bits per heavy atom. The molecule has 0 heterocycles. The molecule has 0 aromatic heterocycles. The fourth-order valence-corrected chi connectivity index (χ4v) is 2.60. The van der Waals surface area contributed by atoms with Crippen LogP contribution in [0.15, 0.2) is 48.5 Å². The van der Waals surface area contributed by atoms with Gasteiger partial charge in [-0.1, -0.05) is 53.5 Å². The number of hydrogen-bond acceptors (Lipinski definition) is 2. The SMILES string of the molecule is CN(CCNC(=O)c1ccc(Cl)cc1Cl)Cc1ccccc1. The van der Waals surface area contributed by atoms with Gasteiger partial charge in [0, 0.05) is 24.7 Å². The van der Waals surface area contributed by atoms with Crippen LogP contribution in [0, 0.1) is 0 Å². The molecular weight excluding hydrogens is 319 g/mol. The second-order valence-corrected chi connectivity index (χ2v) is 5.95. The van der Waals surface area contributed by atoms with Gasteiger partial charge in [0.1, 0.15) is 0 Å². The van der Waals surface area contributed by atoms with Crippen LogP contribution in [0.25, 0.3) is 0 Å². The first-order chi connectivity index (χ1) is 10.6. The first-order valence-corrected chi connectivity index (χ1v) is 7.77. The van der Waals surface area contributed by atoms with Crippen molar-refractivity contribution in [3.63, 3.8) is 0 Å². The Morgan fingerprint density at radius 1 is 1.14 bits per heavy atom. The normalized spacial score (nSPS) is 10.7. The molecule has 0 radical (unpaired) electrons. The van der Waals surface area contributed by atoms with Crippen LogP contribution >= 0.6 is 23.2 Å². The van der Waals surface area contributed by atoms with E-state index in [1.165, 1.54) is 5.56 Å². The first kappa shape index (κ1) is 16.8. The molecule has 0 unspecified atom stereocenters. The van der Waals surface area contributed by atoms with E-state index in [0.29, 0.717) is 22.2 Å². The van der Waals surface area contributed by atoms with Crippen LogP contribution in [0.2, 0.25) is 10.0 Å². The number of rotatable bonds is 6. The second-order valence-electron chi connectivity index (χ2n) is 5.10. The summed E-state index contributed by atoms with van der Waals surface area (Å²) < 4.78 is 0. The summed E-state index contributed by atoms with van der Waals surface area (Å²) in [6, 6.07) is 15.1. The van der Waals surface area contributed by atoms with Crippen molar-refractivity contribution >= 4 is 29.1 Å². The van der Waals surface area contributed by atoms with Crippen molar-refractivity contribution in [3.8, 4) is 0 Å². The number of amides is 1. The molecule has 0 aliphatic carbocycles. The van der Waals surface area contributed by atoms with Crippen LogP contribution in [0.5, 0.6) is 0 Å². The molecule has 0 saturated heterocycles. The average molecular weight is 337 g/mol. The molecule has 22 heavy (non-hydrogen) atoms. The maximum Gasteiger partial charge on any atom is 0.252 e. The van der Waals surface area contributed by atoms with Gasteiger partial charge in [0.15, 0.2) is 0 Å². The van der Waals surface area contributed by atoms with Gasteiger partial charge in [0.05, 0.1) is 10.6 Å². The lowest BCUT2D eigenvalue weighted by molar-refractivity contribution is 0.0950. The third-order valence-corrected chi connectivity index (χ3v) is 3.80. The van der Waals surface area contributed by atoms with Crippen LogP contribution in [-0.2, 0) is 6.54 Å². The minimum atomic E-state index is -0.185. The molecule has 5 heteroatoms. The van der Waals surface area contributed by atoms with E-state index in [9.17, 15) is 4.79 Å². The van der Waals surface area contributed by atoms with Gasteiger partial charge in [-0.05, 0) is 30.8 Å². The van der Waals surface area contributed by atoms with Crippen LogP contribution in [0.1, 0.15) is 15.9 Å². The summed E-state index contributed by atoms with van der Waals surface area (Å²) in [4.78, 5) is 14.2. The van der Waals surface area contributed by atoms with Gasteiger partial charge in [-0.3, -0.25) is 4.79 Å². The smallest absolute Gasteiger partial charge is 0.252 e. The fourth-order valence-electron chi connectivity index (χ4n) is 2.10. The first-order valence-electron chi connectivity index (χ1n) is 7.02. The predicted molar refractivity (Wildman–Crippen MR) is 91.6 cm³/mol. The lowest BCUT2D eigenvalue weighted by Gasteiger charge is -2.17. The van der Waals surface area contributed by atoms with E-state index in [1.807, 2.05) is 25.2 Å². The molecule has 3 nitrogen and oxygen atoms in total. The minimum Gasteiger partial charge on any atom is -0.351 e. The van der Waals surface area contributed by atoms with E-state index in [1.54, 1.807) is 18.2 Å². The molecule has 0 saturated carbocycles. The number of nitrogens with zero attached hydrogens (tertiary/aromatic N) is 1. The minimum absolute atomic E-state index is 0.185. The molecule has 116 valence electrons. The van der Waals surface area contributed by atoms with Gasteiger partial charge in [-0.15, -0.1) is 0 Å². The van der Waals surface area contributed by atoms with Crippen molar-refractivity contribution in [2.24, 2.45) is 0 Å². The van der Waals surface area contributed by atoms with Gasteiger partial charge >= 0.3 is 0 Å². The maximum absolute atomic E-state index is 12.1. The molecule has 2 aromatic carbocycles. The van der Waals surface area contributed by atoms with Gasteiger partial charge < -0.3 is 10.2 Å². The highest BCUT2D eigenvalue weighted by atomic mass is 35.5. The third kappa shape index (κ3) is 5.02. The van der Waals surface area contributed by atoms with Crippen molar-refractivity contribution in [1.82, 2.24) is 10.2 Å². The van der Waals surface area contributed by atoms with E-state index in [-0.39, 0.29) is 5.91 Å². The third-order valence-electron chi connectivity index (χ3n) is 3.25. The summed E-state index contributed by atoms with van der Waals surface area (Å²) in [6.45, 7) is 2.16. The van der Waals surface area contributed by atoms with Crippen LogP contribution in [-0.4, -0.2) is 30.9 Å².